The quantitative estimate of drug-likeness (QED) is 0.380. The summed E-state index contributed by atoms with van der Waals surface area (Å²) in [6, 6.07) is 16.5. The fourth-order valence-corrected chi connectivity index (χ4v) is 5.82. The van der Waals surface area contributed by atoms with Crippen molar-refractivity contribution in [3.63, 3.8) is 0 Å². The number of hydrogen-bond donors (Lipinski definition) is 0. The van der Waals surface area contributed by atoms with Crippen LogP contribution in [0.15, 0.2) is 60.0 Å². The molecule has 8 heteroatoms. The zero-order valence-corrected chi connectivity index (χ0v) is 19.8. The van der Waals surface area contributed by atoms with Gasteiger partial charge in [0.1, 0.15) is 11.0 Å². The number of rotatable bonds is 5. The van der Waals surface area contributed by atoms with Gasteiger partial charge in [-0.25, -0.2) is 9.88 Å². The van der Waals surface area contributed by atoms with E-state index in [0.717, 1.165) is 25.7 Å². The van der Waals surface area contributed by atoms with E-state index in [1.54, 1.807) is 23.5 Å². The molecular formula is C25H21N3O3S2. The summed E-state index contributed by atoms with van der Waals surface area (Å²) in [7, 11) is 0. The van der Waals surface area contributed by atoms with E-state index in [1.165, 1.54) is 33.6 Å². The van der Waals surface area contributed by atoms with E-state index in [-0.39, 0.29) is 24.1 Å². The van der Waals surface area contributed by atoms with Crippen molar-refractivity contribution >= 4 is 56.3 Å². The molecule has 3 amide bonds. The van der Waals surface area contributed by atoms with E-state index in [1.807, 2.05) is 41.8 Å². The maximum Gasteiger partial charge on any atom is 0.257 e. The predicted molar refractivity (Wildman–Crippen MR) is 131 cm³/mol. The Morgan fingerprint density at radius 1 is 1.15 bits per heavy atom. The van der Waals surface area contributed by atoms with Crippen molar-refractivity contribution < 1.29 is 14.4 Å². The van der Waals surface area contributed by atoms with Gasteiger partial charge >= 0.3 is 0 Å². The first kappa shape index (κ1) is 21.5. The van der Waals surface area contributed by atoms with Gasteiger partial charge in [-0.3, -0.25) is 14.4 Å². The summed E-state index contributed by atoms with van der Waals surface area (Å²) in [4.78, 5) is 46.6. The third kappa shape index (κ3) is 4.07. The van der Waals surface area contributed by atoms with E-state index in [9.17, 15) is 14.4 Å². The number of aryl methyl sites for hydroxylation is 1. The number of thiophene rings is 1. The van der Waals surface area contributed by atoms with Crippen LogP contribution in [0.5, 0.6) is 0 Å². The van der Waals surface area contributed by atoms with Gasteiger partial charge in [-0.15, -0.1) is 22.7 Å². The molecule has 0 spiro atoms. The lowest BCUT2D eigenvalue weighted by molar-refractivity contribution is -0.137. The molecule has 1 unspecified atom stereocenters. The van der Waals surface area contributed by atoms with E-state index in [0.29, 0.717) is 12.2 Å². The van der Waals surface area contributed by atoms with Crippen LogP contribution in [0.2, 0.25) is 0 Å². The Bertz CT molecular complexity index is 1360. The van der Waals surface area contributed by atoms with Crippen LogP contribution in [-0.4, -0.2) is 33.6 Å². The molecule has 1 aliphatic heterocycles. The number of anilines is 1. The van der Waals surface area contributed by atoms with Gasteiger partial charge in [-0.2, -0.15) is 0 Å². The van der Waals surface area contributed by atoms with Crippen LogP contribution in [0, 0.1) is 6.92 Å². The van der Waals surface area contributed by atoms with Gasteiger partial charge < -0.3 is 4.90 Å². The second-order valence-corrected chi connectivity index (χ2v) is 10.1. The SMILES string of the molecule is CC(=O)N(Cc1cccs1)C1CC(=O)N(c2ccc(-c3nc4ccc(C)cc4s3)cc2)C1=O. The van der Waals surface area contributed by atoms with Crippen LogP contribution in [0.4, 0.5) is 5.69 Å². The van der Waals surface area contributed by atoms with Gasteiger partial charge in [-0.05, 0) is 60.3 Å². The average molecular weight is 476 g/mol. The van der Waals surface area contributed by atoms with Crippen molar-refractivity contribution in [2.24, 2.45) is 0 Å². The van der Waals surface area contributed by atoms with Crippen LogP contribution >= 0.6 is 22.7 Å². The first-order valence-electron chi connectivity index (χ1n) is 10.5. The van der Waals surface area contributed by atoms with E-state index in [4.69, 9.17) is 4.98 Å². The zero-order chi connectivity index (χ0) is 23.1. The van der Waals surface area contributed by atoms with Crippen molar-refractivity contribution in [1.29, 1.82) is 0 Å². The van der Waals surface area contributed by atoms with Gasteiger partial charge in [0.15, 0.2) is 0 Å². The Hall–Kier alpha value is -3.36. The summed E-state index contributed by atoms with van der Waals surface area (Å²) in [5, 5.41) is 2.81. The number of amides is 3. The molecule has 1 aliphatic rings. The monoisotopic (exact) mass is 475 g/mol. The molecule has 6 nitrogen and oxygen atoms in total. The topological polar surface area (TPSA) is 70.6 Å². The second kappa shape index (κ2) is 8.53. The Balaban J connectivity index is 1.39. The summed E-state index contributed by atoms with van der Waals surface area (Å²) in [5.74, 6) is -0.890. The molecule has 1 saturated heterocycles. The maximum atomic E-state index is 13.2. The summed E-state index contributed by atoms with van der Waals surface area (Å²) in [6.45, 7) is 3.81. The summed E-state index contributed by atoms with van der Waals surface area (Å²) >= 11 is 3.13. The Labute approximate surface area is 199 Å². The summed E-state index contributed by atoms with van der Waals surface area (Å²) in [5.41, 5.74) is 3.57. The van der Waals surface area contributed by atoms with E-state index in [2.05, 4.69) is 13.0 Å². The molecule has 33 heavy (non-hydrogen) atoms. The summed E-state index contributed by atoms with van der Waals surface area (Å²) < 4.78 is 1.12. The zero-order valence-electron chi connectivity index (χ0n) is 18.1. The lowest BCUT2D eigenvalue weighted by Crippen LogP contribution is -2.44. The first-order chi connectivity index (χ1) is 15.9. The number of aromatic nitrogens is 1. The third-order valence-corrected chi connectivity index (χ3v) is 7.65. The minimum atomic E-state index is -0.788. The first-order valence-corrected chi connectivity index (χ1v) is 12.2. The minimum absolute atomic E-state index is 0.0112. The number of fused-ring (bicyclic) bond motifs is 1. The molecule has 166 valence electrons. The van der Waals surface area contributed by atoms with E-state index < -0.39 is 6.04 Å². The van der Waals surface area contributed by atoms with Crippen LogP contribution in [0.1, 0.15) is 23.8 Å². The highest BCUT2D eigenvalue weighted by Gasteiger charge is 2.43. The van der Waals surface area contributed by atoms with Crippen LogP contribution in [0.25, 0.3) is 20.8 Å². The van der Waals surface area contributed by atoms with Crippen molar-refractivity contribution in [3.8, 4) is 10.6 Å². The third-order valence-electron chi connectivity index (χ3n) is 5.73. The Kier molecular flexibility index (Phi) is 5.55. The second-order valence-electron chi connectivity index (χ2n) is 8.05. The van der Waals surface area contributed by atoms with Crippen molar-refractivity contribution in [2.45, 2.75) is 32.9 Å². The molecule has 4 aromatic rings. The lowest BCUT2D eigenvalue weighted by atomic mass is 10.2. The molecule has 0 radical (unpaired) electrons. The number of carbonyl (C=O) groups is 3. The van der Waals surface area contributed by atoms with Crippen molar-refractivity contribution in [3.05, 3.63) is 70.4 Å². The van der Waals surface area contributed by atoms with Gasteiger partial charge in [0.25, 0.3) is 5.91 Å². The number of nitrogens with zero attached hydrogens (tertiary/aromatic N) is 3. The van der Waals surface area contributed by atoms with Crippen LogP contribution in [0.3, 0.4) is 0 Å². The van der Waals surface area contributed by atoms with E-state index >= 15 is 0 Å². The highest BCUT2D eigenvalue weighted by Crippen LogP contribution is 2.33. The predicted octanol–water partition coefficient (Wildman–Crippen LogP) is 5.01. The number of carbonyl (C=O) groups excluding carboxylic acids is 3. The molecule has 0 saturated carbocycles. The normalized spacial score (nSPS) is 16.1. The largest absolute Gasteiger partial charge is 0.325 e. The smallest absolute Gasteiger partial charge is 0.257 e. The number of benzene rings is 2. The number of thiazole rings is 1. The van der Waals surface area contributed by atoms with Gasteiger partial charge in [0.05, 0.1) is 28.9 Å². The minimum Gasteiger partial charge on any atom is -0.325 e. The van der Waals surface area contributed by atoms with Crippen LogP contribution < -0.4 is 4.90 Å². The number of hydrogen-bond acceptors (Lipinski definition) is 6. The fraction of sp³-hybridized carbons (Fsp3) is 0.200. The molecule has 0 aliphatic carbocycles. The van der Waals surface area contributed by atoms with Gasteiger partial charge in [0.2, 0.25) is 11.8 Å². The van der Waals surface area contributed by atoms with Crippen LogP contribution in [-0.2, 0) is 20.9 Å². The standard InChI is InChI=1S/C25H21N3O3S2/c1-15-5-10-20-22(12-15)33-24(26-20)17-6-8-18(9-7-17)28-23(30)13-21(25(28)31)27(16(2)29)14-19-4-3-11-32-19/h3-12,21H,13-14H2,1-2H3. The number of imide groups is 1. The van der Waals surface area contributed by atoms with Gasteiger partial charge in [0, 0.05) is 17.4 Å². The highest BCUT2D eigenvalue weighted by molar-refractivity contribution is 7.21. The molecule has 1 fully saturated rings. The molecule has 2 aromatic carbocycles. The lowest BCUT2D eigenvalue weighted by Gasteiger charge is -2.26. The molecule has 5 rings (SSSR count). The van der Waals surface area contributed by atoms with Gasteiger partial charge in [-0.1, -0.05) is 12.1 Å². The highest BCUT2D eigenvalue weighted by atomic mass is 32.1. The fourth-order valence-electron chi connectivity index (χ4n) is 4.05. The average Bonchev–Trinajstić information content (AvgIpc) is 3.51. The molecular weight excluding hydrogens is 454 g/mol. The molecule has 0 N–H and O–H groups in total. The molecule has 3 heterocycles. The van der Waals surface area contributed by atoms with Crippen molar-refractivity contribution in [1.82, 2.24) is 9.88 Å². The molecule has 1 atom stereocenters. The summed E-state index contributed by atoms with van der Waals surface area (Å²) in [6.07, 6.45) is -0.0112. The Morgan fingerprint density at radius 3 is 2.64 bits per heavy atom. The molecule has 0 bridgehead atoms. The molecule has 2 aromatic heterocycles. The van der Waals surface area contributed by atoms with Crippen molar-refractivity contribution in [2.75, 3.05) is 4.90 Å². The maximum absolute atomic E-state index is 13.2. The Morgan fingerprint density at radius 2 is 1.94 bits per heavy atom.